The zero-order valence-corrected chi connectivity index (χ0v) is 22.2. The number of methoxy groups -OCH3 is 1. The molecule has 1 amide bonds. The molecule has 1 aliphatic heterocycles. The van der Waals surface area contributed by atoms with Gasteiger partial charge in [0.05, 0.1) is 19.2 Å². The van der Waals surface area contributed by atoms with Crippen LogP contribution in [0, 0.1) is 5.92 Å². The van der Waals surface area contributed by atoms with Gasteiger partial charge in [-0.05, 0) is 24.1 Å². The van der Waals surface area contributed by atoms with Crippen molar-refractivity contribution in [3.8, 4) is 5.75 Å². The number of aromatic nitrogens is 2. The summed E-state index contributed by atoms with van der Waals surface area (Å²) in [7, 11) is 1.35. The van der Waals surface area contributed by atoms with E-state index in [9.17, 15) is 9.59 Å². The largest absolute Gasteiger partial charge is 0.482 e. The van der Waals surface area contributed by atoms with Gasteiger partial charge in [0.1, 0.15) is 23.4 Å². The maximum atomic E-state index is 12.0. The molecule has 10 nitrogen and oxygen atoms in total. The Morgan fingerprint density at radius 2 is 1.63 bits per heavy atom. The number of hydrogen-bond donors (Lipinski definition) is 2. The summed E-state index contributed by atoms with van der Waals surface area (Å²) in [5.41, 5.74) is 7.51. The van der Waals surface area contributed by atoms with Crippen molar-refractivity contribution < 1.29 is 19.1 Å². The number of ether oxygens (including phenoxy) is 2. The van der Waals surface area contributed by atoms with E-state index in [1.54, 1.807) is 0 Å². The van der Waals surface area contributed by atoms with Crippen molar-refractivity contribution in [2.75, 3.05) is 45.2 Å². The molecule has 2 aromatic carbocycles. The molecule has 202 valence electrons. The first-order valence-corrected chi connectivity index (χ1v) is 12.9. The molecule has 2 heterocycles. The van der Waals surface area contributed by atoms with Crippen LogP contribution >= 0.6 is 0 Å². The molecule has 1 atom stereocenters. The number of amides is 1. The van der Waals surface area contributed by atoms with Crippen LogP contribution in [0.5, 0.6) is 5.75 Å². The first-order valence-electron chi connectivity index (χ1n) is 12.9. The Kier molecular flexibility index (Phi) is 9.09. The van der Waals surface area contributed by atoms with Crippen molar-refractivity contribution >= 4 is 28.6 Å². The third-order valence-corrected chi connectivity index (χ3v) is 6.68. The predicted molar refractivity (Wildman–Crippen MR) is 145 cm³/mol. The summed E-state index contributed by atoms with van der Waals surface area (Å²) >= 11 is 0. The summed E-state index contributed by atoms with van der Waals surface area (Å²) in [6.07, 6.45) is 0. The quantitative estimate of drug-likeness (QED) is 0.367. The fourth-order valence-electron chi connectivity index (χ4n) is 4.54. The number of carbonyl (C=O) groups excluding carboxylic acids is 2. The van der Waals surface area contributed by atoms with Gasteiger partial charge in [0.2, 0.25) is 5.91 Å². The van der Waals surface area contributed by atoms with Crippen molar-refractivity contribution in [1.29, 1.82) is 0 Å². The minimum Gasteiger partial charge on any atom is -0.482 e. The molecular formula is C28H36N6O4. The summed E-state index contributed by atoms with van der Waals surface area (Å²) in [5, 5.41) is 4.13. The molecule has 0 spiro atoms. The Morgan fingerprint density at radius 1 is 0.974 bits per heavy atom. The molecule has 0 aliphatic carbocycles. The number of rotatable bonds is 11. The molecule has 0 saturated carbocycles. The second kappa shape index (κ2) is 12.7. The number of esters is 1. The number of nitrogens with one attached hydrogen (secondary N) is 1. The Balaban J connectivity index is 1.40. The highest BCUT2D eigenvalue weighted by Crippen LogP contribution is 2.24. The molecular weight excluding hydrogens is 484 g/mol. The van der Waals surface area contributed by atoms with Crippen LogP contribution in [0.3, 0.4) is 0 Å². The lowest BCUT2D eigenvalue weighted by Gasteiger charge is -2.34. The van der Waals surface area contributed by atoms with E-state index in [1.165, 1.54) is 7.11 Å². The molecule has 38 heavy (non-hydrogen) atoms. The van der Waals surface area contributed by atoms with Gasteiger partial charge in [-0.15, -0.1) is 0 Å². The molecule has 10 heteroatoms. The average molecular weight is 521 g/mol. The molecule has 1 fully saturated rings. The van der Waals surface area contributed by atoms with Crippen LogP contribution in [0.15, 0.2) is 48.5 Å². The van der Waals surface area contributed by atoms with Crippen molar-refractivity contribution in [2.45, 2.75) is 33.0 Å². The maximum absolute atomic E-state index is 12.0. The fraction of sp³-hybridized carbons (Fsp3) is 0.429. The number of nitrogens with two attached hydrogens (primary N) is 1. The molecule has 3 N–H and O–H groups in total. The molecule has 0 radical (unpaired) electrons. The van der Waals surface area contributed by atoms with Gasteiger partial charge in [-0.25, -0.2) is 14.8 Å². The summed E-state index contributed by atoms with van der Waals surface area (Å²) in [5.74, 6) is 1.24. The first-order chi connectivity index (χ1) is 18.3. The smallest absolute Gasteiger partial charge is 0.343 e. The lowest BCUT2D eigenvalue weighted by Crippen LogP contribution is -2.45. The van der Waals surface area contributed by atoms with E-state index < -0.39 is 17.9 Å². The number of fused-ring (bicyclic) bond motifs is 1. The number of nitrogens with zero attached hydrogens (tertiary/aromatic N) is 4. The molecule has 0 bridgehead atoms. The summed E-state index contributed by atoms with van der Waals surface area (Å²) in [6, 6.07) is 15.0. The highest BCUT2D eigenvalue weighted by molar-refractivity contribution is 5.91. The van der Waals surface area contributed by atoms with Crippen LogP contribution in [0.2, 0.25) is 0 Å². The zero-order valence-electron chi connectivity index (χ0n) is 22.2. The first kappa shape index (κ1) is 27.3. The number of benzene rings is 2. The van der Waals surface area contributed by atoms with Gasteiger partial charge in [0, 0.05) is 43.7 Å². The number of anilines is 1. The van der Waals surface area contributed by atoms with Crippen LogP contribution in [0.4, 0.5) is 5.82 Å². The van der Waals surface area contributed by atoms with E-state index in [0.717, 1.165) is 49.2 Å². The van der Waals surface area contributed by atoms with E-state index in [2.05, 4.69) is 19.9 Å². The normalized spacial score (nSPS) is 15.4. The zero-order chi connectivity index (χ0) is 27.1. The van der Waals surface area contributed by atoms with Crippen LogP contribution < -0.4 is 15.8 Å². The van der Waals surface area contributed by atoms with E-state index in [4.69, 9.17) is 20.4 Å². The van der Waals surface area contributed by atoms with Crippen molar-refractivity contribution in [3.63, 3.8) is 0 Å². The van der Waals surface area contributed by atoms with Gasteiger partial charge in [0.25, 0.3) is 0 Å². The monoisotopic (exact) mass is 520 g/mol. The van der Waals surface area contributed by atoms with Crippen LogP contribution in [0.1, 0.15) is 25.2 Å². The Hall–Kier alpha value is -3.76. The summed E-state index contributed by atoms with van der Waals surface area (Å²) in [6.45, 7) is 8.61. The van der Waals surface area contributed by atoms with Gasteiger partial charge in [0.15, 0.2) is 6.61 Å². The lowest BCUT2D eigenvalue weighted by molar-refractivity contribution is -0.142. The Morgan fingerprint density at radius 3 is 2.32 bits per heavy atom. The van der Waals surface area contributed by atoms with Crippen LogP contribution in [-0.4, -0.2) is 77.6 Å². The summed E-state index contributed by atoms with van der Waals surface area (Å²) in [4.78, 5) is 37.8. The minimum absolute atomic E-state index is 0.0220. The Bertz CT molecular complexity index is 1260. The number of carbonyl (C=O) groups is 2. The second-order valence-electron chi connectivity index (χ2n) is 9.80. The molecule has 0 unspecified atom stereocenters. The fourth-order valence-corrected chi connectivity index (χ4v) is 4.54. The topological polar surface area (TPSA) is 123 Å². The third-order valence-electron chi connectivity index (χ3n) is 6.68. The predicted octanol–water partition coefficient (Wildman–Crippen LogP) is 2.42. The average Bonchev–Trinajstić information content (AvgIpc) is 2.91. The van der Waals surface area contributed by atoms with Crippen molar-refractivity contribution in [3.05, 3.63) is 59.9 Å². The van der Waals surface area contributed by atoms with E-state index >= 15 is 0 Å². The van der Waals surface area contributed by atoms with Gasteiger partial charge in [-0.1, -0.05) is 44.2 Å². The van der Waals surface area contributed by atoms with Gasteiger partial charge < -0.3 is 20.5 Å². The van der Waals surface area contributed by atoms with Gasteiger partial charge in [-0.2, -0.15) is 0 Å². The van der Waals surface area contributed by atoms with Crippen molar-refractivity contribution in [1.82, 2.24) is 19.8 Å². The number of piperazine rings is 1. The molecule has 4 rings (SSSR count). The molecule has 1 aromatic heterocycles. The standard InChI is InChI=1S/C28H36N6O4/c1-19(2)26(27(29)36)32-28-21-9-5-6-10-22(21)30-24(31-28)17-34-14-12-33(13-15-34)16-20-8-4-7-11-23(20)38-18-25(35)37-3/h4-11,19,26H,12-18H2,1-3H3,(H2,29,36)(H,30,31,32)/t26-/m0/s1. The number of hydrogen-bond acceptors (Lipinski definition) is 9. The highest BCUT2D eigenvalue weighted by Gasteiger charge is 2.23. The number of para-hydroxylation sites is 2. The van der Waals surface area contributed by atoms with Gasteiger partial charge >= 0.3 is 5.97 Å². The second-order valence-corrected chi connectivity index (χ2v) is 9.80. The SMILES string of the molecule is COC(=O)COc1ccccc1CN1CCN(Cc2nc(N[C@H](C(N)=O)C(C)C)c3ccccc3n2)CC1. The highest BCUT2D eigenvalue weighted by atomic mass is 16.6. The van der Waals surface area contributed by atoms with Crippen molar-refractivity contribution in [2.24, 2.45) is 11.7 Å². The lowest BCUT2D eigenvalue weighted by atomic mass is 10.0. The van der Waals surface area contributed by atoms with E-state index in [1.807, 2.05) is 62.4 Å². The minimum atomic E-state index is -0.524. The molecule has 3 aromatic rings. The number of primary amides is 1. The molecule has 1 saturated heterocycles. The van der Waals surface area contributed by atoms with E-state index in [0.29, 0.717) is 23.9 Å². The van der Waals surface area contributed by atoms with Crippen LogP contribution in [-0.2, 0) is 27.4 Å². The van der Waals surface area contributed by atoms with Gasteiger partial charge in [-0.3, -0.25) is 14.6 Å². The van der Waals surface area contributed by atoms with E-state index in [-0.39, 0.29) is 12.5 Å². The maximum Gasteiger partial charge on any atom is 0.343 e. The summed E-state index contributed by atoms with van der Waals surface area (Å²) < 4.78 is 10.4. The Labute approximate surface area is 223 Å². The van der Waals surface area contributed by atoms with Crippen LogP contribution in [0.25, 0.3) is 10.9 Å². The third kappa shape index (κ3) is 6.96. The molecule has 1 aliphatic rings.